The zero-order valence-corrected chi connectivity index (χ0v) is 17.5. The number of likely N-dealkylation sites (tertiary alicyclic amines) is 1. The van der Waals surface area contributed by atoms with Gasteiger partial charge in [0.25, 0.3) is 5.91 Å². The molecule has 2 heterocycles. The average molecular weight is 407 g/mol. The van der Waals surface area contributed by atoms with Gasteiger partial charge in [-0.2, -0.15) is 0 Å². The van der Waals surface area contributed by atoms with E-state index in [4.69, 9.17) is 0 Å². The zero-order chi connectivity index (χ0) is 20.1. The summed E-state index contributed by atoms with van der Waals surface area (Å²) in [7, 11) is 0. The summed E-state index contributed by atoms with van der Waals surface area (Å²) in [5.41, 5.74) is 5.54. The number of hydrogen-bond donors (Lipinski definition) is 1. The Morgan fingerprint density at radius 2 is 1.86 bits per heavy atom. The Kier molecular flexibility index (Phi) is 6.32. The second-order valence-electron chi connectivity index (χ2n) is 7.42. The molecule has 1 amide bonds. The van der Waals surface area contributed by atoms with Crippen molar-refractivity contribution in [3.8, 4) is 11.1 Å². The van der Waals surface area contributed by atoms with E-state index in [0.29, 0.717) is 17.8 Å². The van der Waals surface area contributed by atoms with Crippen molar-refractivity contribution in [3.63, 3.8) is 0 Å². The third kappa shape index (κ3) is 4.71. The highest BCUT2D eigenvalue weighted by Gasteiger charge is 2.16. The lowest BCUT2D eigenvalue weighted by atomic mass is 9.98. The quantitative estimate of drug-likeness (QED) is 0.636. The summed E-state index contributed by atoms with van der Waals surface area (Å²) < 4.78 is 3.91. The lowest BCUT2D eigenvalue weighted by Gasteiger charge is -2.15. The Balaban J connectivity index is 1.45. The number of nitrogens with zero attached hydrogens (tertiary/aromatic N) is 3. The second kappa shape index (κ2) is 9.29. The van der Waals surface area contributed by atoms with Gasteiger partial charge in [0, 0.05) is 13.1 Å². The van der Waals surface area contributed by atoms with E-state index < -0.39 is 0 Å². The third-order valence-electron chi connectivity index (χ3n) is 5.42. The first-order valence-corrected chi connectivity index (χ1v) is 11.0. The minimum absolute atomic E-state index is 0.104. The van der Waals surface area contributed by atoms with Crippen molar-refractivity contribution < 1.29 is 4.79 Å². The fraction of sp³-hybridized carbons (Fsp3) is 0.348. The van der Waals surface area contributed by atoms with Gasteiger partial charge in [-0.15, -0.1) is 5.10 Å². The number of carbonyl (C=O) groups is 1. The van der Waals surface area contributed by atoms with Crippen LogP contribution in [0, 0.1) is 0 Å². The van der Waals surface area contributed by atoms with Crippen LogP contribution in [0.5, 0.6) is 0 Å². The standard InChI is InChI=1S/C23H26N4OS/c1-2-21-22(29-26-25-21)23(28)24-15-19-7-3-4-8-20(19)18-11-9-17(10-12-18)16-27-13-5-6-14-27/h3-4,7-12H,2,5-6,13-16H2,1H3,(H,24,28). The molecule has 0 unspecified atom stereocenters. The first kappa shape index (κ1) is 19.7. The molecule has 0 atom stereocenters. The second-order valence-corrected chi connectivity index (χ2v) is 8.18. The van der Waals surface area contributed by atoms with Gasteiger partial charge in [-0.25, -0.2) is 0 Å². The van der Waals surface area contributed by atoms with Gasteiger partial charge < -0.3 is 5.32 Å². The maximum Gasteiger partial charge on any atom is 0.265 e. The van der Waals surface area contributed by atoms with Crippen molar-refractivity contribution in [1.29, 1.82) is 0 Å². The van der Waals surface area contributed by atoms with Gasteiger partial charge in [-0.05, 0) is 66.1 Å². The molecule has 5 nitrogen and oxygen atoms in total. The van der Waals surface area contributed by atoms with E-state index in [1.165, 1.54) is 37.1 Å². The summed E-state index contributed by atoms with van der Waals surface area (Å²) in [5, 5.41) is 7.06. The monoisotopic (exact) mass is 406 g/mol. The Morgan fingerprint density at radius 3 is 2.62 bits per heavy atom. The van der Waals surface area contributed by atoms with Gasteiger partial charge in [0.1, 0.15) is 4.88 Å². The van der Waals surface area contributed by atoms with Crippen molar-refractivity contribution >= 4 is 17.4 Å². The normalized spacial score (nSPS) is 14.2. The zero-order valence-electron chi connectivity index (χ0n) is 16.7. The molecule has 1 fully saturated rings. The Morgan fingerprint density at radius 1 is 1.10 bits per heavy atom. The molecule has 1 N–H and O–H groups in total. The van der Waals surface area contributed by atoms with Crippen LogP contribution in [0.3, 0.4) is 0 Å². The molecule has 4 rings (SSSR count). The van der Waals surface area contributed by atoms with E-state index in [0.717, 1.165) is 34.9 Å². The smallest absolute Gasteiger partial charge is 0.265 e. The highest BCUT2D eigenvalue weighted by molar-refractivity contribution is 7.08. The SMILES string of the molecule is CCc1nnsc1C(=O)NCc1ccccc1-c1ccc(CN2CCCC2)cc1. The number of hydrogen-bond acceptors (Lipinski definition) is 5. The minimum atomic E-state index is -0.104. The fourth-order valence-corrected chi connectivity index (χ4v) is 4.48. The van der Waals surface area contributed by atoms with Crippen molar-refractivity contribution in [1.82, 2.24) is 19.8 Å². The van der Waals surface area contributed by atoms with Crippen LogP contribution >= 0.6 is 11.5 Å². The van der Waals surface area contributed by atoms with Crippen LogP contribution in [-0.2, 0) is 19.5 Å². The highest BCUT2D eigenvalue weighted by Crippen LogP contribution is 2.25. The molecule has 1 aliphatic heterocycles. The van der Waals surface area contributed by atoms with E-state index in [9.17, 15) is 4.79 Å². The van der Waals surface area contributed by atoms with Crippen LogP contribution in [0.25, 0.3) is 11.1 Å². The van der Waals surface area contributed by atoms with E-state index >= 15 is 0 Å². The predicted octanol–water partition coefficient (Wildman–Crippen LogP) is 4.29. The van der Waals surface area contributed by atoms with E-state index in [1.54, 1.807) is 0 Å². The molecule has 2 aromatic carbocycles. The molecule has 1 aliphatic rings. The maximum absolute atomic E-state index is 12.5. The number of aromatic nitrogens is 2. The van der Waals surface area contributed by atoms with Gasteiger partial charge in [0.15, 0.2) is 0 Å². The number of nitrogens with one attached hydrogen (secondary N) is 1. The number of carbonyl (C=O) groups excluding carboxylic acids is 1. The molecule has 1 saturated heterocycles. The number of aryl methyl sites for hydroxylation is 1. The van der Waals surface area contributed by atoms with Crippen molar-refractivity contribution in [2.24, 2.45) is 0 Å². The summed E-state index contributed by atoms with van der Waals surface area (Å²) >= 11 is 1.16. The lowest BCUT2D eigenvalue weighted by Crippen LogP contribution is -2.23. The lowest BCUT2D eigenvalue weighted by molar-refractivity contribution is 0.0954. The summed E-state index contributed by atoms with van der Waals surface area (Å²) in [6.45, 7) is 5.90. The first-order valence-electron chi connectivity index (χ1n) is 10.2. The van der Waals surface area contributed by atoms with Crippen molar-refractivity contribution in [3.05, 3.63) is 70.2 Å². The molecule has 0 spiro atoms. The molecule has 6 heteroatoms. The van der Waals surface area contributed by atoms with Gasteiger partial charge in [0.05, 0.1) is 5.69 Å². The van der Waals surface area contributed by atoms with Crippen LogP contribution in [0.1, 0.15) is 46.3 Å². The largest absolute Gasteiger partial charge is 0.347 e. The molecule has 150 valence electrons. The van der Waals surface area contributed by atoms with E-state index in [-0.39, 0.29) is 5.91 Å². The highest BCUT2D eigenvalue weighted by atomic mass is 32.1. The molecule has 0 radical (unpaired) electrons. The van der Waals surface area contributed by atoms with Crippen LogP contribution < -0.4 is 5.32 Å². The third-order valence-corrected chi connectivity index (χ3v) is 6.19. The molecule has 1 aromatic heterocycles. The molecule has 0 aliphatic carbocycles. The molecular formula is C23H26N4OS. The van der Waals surface area contributed by atoms with Gasteiger partial charge >= 0.3 is 0 Å². The van der Waals surface area contributed by atoms with Gasteiger partial charge in [-0.1, -0.05) is 59.9 Å². The molecule has 29 heavy (non-hydrogen) atoms. The van der Waals surface area contributed by atoms with Gasteiger partial charge in [0.2, 0.25) is 0 Å². The van der Waals surface area contributed by atoms with E-state index in [2.05, 4.69) is 56.2 Å². The summed E-state index contributed by atoms with van der Waals surface area (Å²) in [6, 6.07) is 17.1. The number of amides is 1. The number of rotatable bonds is 7. The van der Waals surface area contributed by atoms with Crippen molar-refractivity contribution in [2.45, 2.75) is 39.3 Å². The van der Waals surface area contributed by atoms with Crippen molar-refractivity contribution in [2.75, 3.05) is 13.1 Å². The Labute approximate surface area is 175 Å². The maximum atomic E-state index is 12.5. The summed E-state index contributed by atoms with van der Waals surface area (Å²) in [5.74, 6) is -0.104. The van der Waals surface area contributed by atoms with Crippen LogP contribution in [0.15, 0.2) is 48.5 Å². The summed E-state index contributed by atoms with van der Waals surface area (Å²) in [6.07, 6.45) is 3.34. The van der Waals surface area contributed by atoms with E-state index in [1.807, 2.05) is 19.1 Å². The van der Waals surface area contributed by atoms with Crippen LogP contribution in [-0.4, -0.2) is 33.5 Å². The number of benzene rings is 2. The van der Waals surface area contributed by atoms with Crippen LogP contribution in [0.2, 0.25) is 0 Å². The topological polar surface area (TPSA) is 58.1 Å². The minimum Gasteiger partial charge on any atom is -0.347 e. The Hall–Kier alpha value is -2.57. The fourth-order valence-electron chi connectivity index (χ4n) is 3.81. The molecule has 0 saturated carbocycles. The predicted molar refractivity (Wildman–Crippen MR) is 117 cm³/mol. The molecule has 0 bridgehead atoms. The Bertz CT molecular complexity index is 961. The first-order chi connectivity index (χ1) is 14.2. The van der Waals surface area contributed by atoms with Crippen LogP contribution in [0.4, 0.5) is 0 Å². The van der Waals surface area contributed by atoms with Gasteiger partial charge in [-0.3, -0.25) is 9.69 Å². The summed E-state index contributed by atoms with van der Waals surface area (Å²) in [4.78, 5) is 15.6. The molecular weight excluding hydrogens is 380 g/mol. The average Bonchev–Trinajstić information content (AvgIpc) is 3.44. The molecule has 3 aromatic rings.